The van der Waals surface area contributed by atoms with E-state index >= 15 is 0 Å². The Morgan fingerprint density at radius 2 is 1.83 bits per heavy atom. The molecule has 1 fully saturated rings. The monoisotopic (exact) mass is 402 g/mol. The van der Waals surface area contributed by atoms with Crippen LogP contribution in [0.4, 0.5) is 10.1 Å². The van der Waals surface area contributed by atoms with E-state index in [-0.39, 0.29) is 17.6 Å². The van der Waals surface area contributed by atoms with Gasteiger partial charge in [-0.2, -0.15) is 0 Å². The summed E-state index contributed by atoms with van der Waals surface area (Å²) < 4.78 is 18.3. The van der Waals surface area contributed by atoms with Gasteiger partial charge in [-0.15, -0.1) is 0 Å². The molecule has 2 N–H and O–H groups in total. The van der Waals surface area contributed by atoms with Crippen LogP contribution in [0.5, 0.6) is 0 Å². The molecule has 1 aliphatic heterocycles. The number of aromatic nitrogens is 1. The minimum absolute atomic E-state index is 0.00591. The molecule has 1 aromatic carbocycles. The van der Waals surface area contributed by atoms with E-state index in [0.29, 0.717) is 29.1 Å². The second-order valence-corrected chi connectivity index (χ2v) is 7.55. The van der Waals surface area contributed by atoms with Crippen molar-refractivity contribution in [3.8, 4) is 0 Å². The van der Waals surface area contributed by atoms with Crippen molar-refractivity contribution < 1.29 is 23.6 Å². The van der Waals surface area contributed by atoms with E-state index in [2.05, 4.69) is 9.88 Å². The Labute approximate surface area is 170 Å². The fourth-order valence-corrected chi connectivity index (χ4v) is 4.04. The first-order valence-corrected chi connectivity index (χ1v) is 10.1. The van der Waals surface area contributed by atoms with Crippen molar-refractivity contribution in [3.05, 3.63) is 52.6 Å². The van der Waals surface area contributed by atoms with Gasteiger partial charge in [0.25, 0.3) is 0 Å². The number of hydrogen-bond donors (Lipinski definition) is 2. The number of halogens is 1. The number of piperazine rings is 1. The number of quaternary nitrogens is 1. The van der Waals surface area contributed by atoms with E-state index in [9.17, 15) is 14.0 Å². The number of aryl methyl sites for hydroxylation is 1. The summed E-state index contributed by atoms with van der Waals surface area (Å²) in [6.45, 7) is 10.8. The molecule has 2 heterocycles. The van der Waals surface area contributed by atoms with E-state index in [0.717, 1.165) is 31.9 Å². The lowest BCUT2D eigenvalue weighted by Crippen LogP contribution is -3.18. The summed E-state index contributed by atoms with van der Waals surface area (Å²) in [7, 11) is 0. The van der Waals surface area contributed by atoms with Gasteiger partial charge >= 0.3 is 5.97 Å². The minimum atomic E-state index is -0.397. The van der Waals surface area contributed by atoms with E-state index in [4.69, 9.17) is 4.74 Å². The van der Waals surface area contributed by atoms with Crippen LogP contribution < -0.4 is 9.80 Å². The number of hydrogen-bond acceptors (Lipinski definition) is 4. The highest BCUT2D eigenvalue weighted by atomic mass is 19.1. The van der Waals surface area contributed by atoms with E-state index < -0.39 is 5.97 Å². The van der Waals surface area contributed by atoms with E-state index in [1.54, 1.807) is 32.9 Å². The maximum Gasteiger partial charge on any atom is 0.340 e. The largest absolute Gasteiger partial charge is 0.462 e. The molecule has 0 unspecified atom stereocenters. The number of ketones is 1. The van der Waals surface area contributed by atoms with Gasteiger partial charge in [0.2, 0.25) is 5.78 Å². The summed E-state index contributed by atoms with van der Waals surface area (Å²) in [6.07, 6.45) is 0. The number of esters is 1. The quantitative estimate of drug-likeness (QED) is 0.572. The molecule has 0 aliphatic carbocycles. The lowest BCUT2D eigenvalue weighted by molar-refractivity contribution is -0.914. The number of Topliss-reactive ketones (excluding diaryl/α,β-unsaturated/α-hetero) is 1. The Morgan fingerprint density at radius 1 is 1.21 bits per heavy atom. The molecule has 29 heavy (non-hydrogen) atoms. The number of anilines is 1. The molecular formula is C22H29FN3O3+. The van der Waals surface area contributed by atoms with Crippen LogP contribution in [-0.4, -0.2) is 55.6 Å². The zero-order valence-corrected chi connectivity index (χ0v) is 17.5. The molecular weight excluding hydrogens is 373 g/mol. The Kier molecular flexibility index (Phi) is 6.37. The molecule has 2 aromatic rings. The topological polar surface area (TPSA) is 66.8 Å². The van der Waals surface area contributed by atoms with Crippen LogP contribution in [0.1, 0.15) is 46.0 Å². The maximum absolute atomic E-state index is 13.1. The lowest BCUT2D eigenvalue weighted by Gasteiger charge is -2.36. The SMILES string of the molecule is CCOC(=O)c1c(C)[nH]c(C(=O)[C@H](C)[NH+]2CCN(c3ccc(F)cc3)CC2)c1C. The molecule has 0 amide bonds. The van der Waals surface area contributed by atoms with E-state index in [1.165, 1.54) is 17.0 Å². The highest BCUT2D eigenvalue weighted by Gasteiger charge is 2.33. The fourth-order valence-electron chi connectivity index (χ4n) is 4.04. The molecule has 6 nitrogen and oxygen atoms in total. The van der Waals surface area contributed by atoms with Crippen LogP contribution in [0.25, 0.3) is 0 Å². The predicted molar refractivity (Wildman–Crippen MR) is 109 cm³/mol. The van der Waals surface area contributed by atoms with Gasteiger partial charge in [0.05, 0.1) is 44.0 Å². The molecule has 0 radical (unpaired) electrons. The van der Waals surface area contributed by atoms with Crippen LogP contribution in [-0.2, 0) is 4.74 Å². The second kappa shape index (κ2) is 8.78. The van der Waals surface area contributed by atoms with Crippen LogP contribution in [0.15, 0.2) is 24.3 Å². The zero-order valence-electron chi connectivity index (χ0n) is 17.5. The summed E-state index contributed by atoms with van der Waals surface area (Å²) in [6, 6.07) is 6.29. The molecule has 0 bridgehead atoms. The second-order valence-electron chi connectivity index (χ2n) is 7.55. The molecule has 1 aromatic heterocycles. The number of H-pyrrole nitrogens is 1. The van der Waals surface area contributed by atoms with Crippen molar-refractivity contribution in [1.82, 2.24) is 4.98 Å². The van der Waals surface area contributed by atoms with Gasteiger partial charge < -0.3 is 19.5 Å². The zero-order chi connectivity index (χ0) is 21.1. The average Bonchev–Trinajstić information content (AvgIpc) is 3.02. The maximum atomic E-state index is 13.1. The highest BCUT2D eigenvalue weighted by molar-refractivity contribution is 6.03. The number of aromatic amines is 1. The summed E-state index contributed by atoms with van der Waals surface area (Å²) >= 11 is 0. The van der Waals surface area contributed by atoms with Crippen LogP contribution in [0, 0.1) is 19.7 Å². The normalized spacial score (nSPS) is 16.0. The summed E-state index contributed by atoms with van der Waals surface area (Å²) in [5, 5.41) is 0. The molecule has 1 atom stereocenters. The lowest BCUT2D eigenvalue weighted by atomic mass is 10.0. The fraction of sp³-hybridized carbons (Fsp3) is 0.455. The number of nitrogens with one attached hydrogen (secondary N) is 2. The molecule has 0 saturated carbocycles. The number of nitrogens with zero attached hydrogens (tertiary/aromatic N) is 1. The van der Waals surface area contributed by atoms with Gasteiger partial charge in [0.1, 0.15) is 5.82 Å². The van der Waals surface area contributed by atoms with Crippen molar-refractivity contribution in [3.63, 3.8) is 0 Å². The summed E-state index contributed by atoms with van der Waals surface area (Å²) in [5.41, 5.74) is 3.26. The Hall–Kier alpha value is -2.67. The van der Waals surface area contributed by atoms with Gasteiger partial charge in [-0.3, -0.25) is 4.79 Å². The third kappa shape index (κ3) is 4.34. The summed E-state index contributed by atoms with van der Waals surface area (Å²) in [5.74, 6) is -0.631. The first kappa shape index (κ1) is 21.0. The molecule has 1 saturated heterocycles. The summed E-state index contributed by atoms with van der Waals surface area (Å²) in [4.78, 5) is 31.9. The number of rotatable bonds is 6. The number of carbonyl (C=O) groups is 2. The number of ether oxygens (including phenoxy) is 1. The van der Waals surface area contributed by atoms with Gasteiger partial charge in [-0.25, -0.2) is 9.18 Å². The Morgan fingerprint density at radius 3 is 2.41 bits per heavy atom. The third-order valence-corrected chi connectivity index (χ3v) is 5.77. The van der Waals surface area contributed by atoms with Crippen LogP contribution >= 0.6 is 0 Å². The molecule has 156 valence electrons. The van der Waals surface area contributed by atoms with Gasteiger partial charge in [0.15, 0.2) is 6.04 Å². The third-order valence-electron chi connectivity index (χ3n) is 5.77. The Bertz CT molecular complexity index is 883. The minimum Gasteiger partial charge on any atom is -0.462 e. The van der Waals surface area contributed by atoms with Crippen LogP contribution in [0.2, 0.25) is 0 Å². The van der Waals surface area contributed by atoms with Crippen molar-refractivity contribution in [2.75, 3.05) is 37.7 Å². The molecule has 7 heteroatoms. The smallest absolute Gasteiger partial charge is 0.340 e. The molecule has 1 aliphatic rings. The van der Waals surface area contributed by atoms with Gasteiger partial charge in [0, 0.05) is 11.4 Å². The van der Waals surface area contributed by atoms with Gasteiger partial charge in [-0.05, 0) is 57.5 Å². The first-order valence-electron chi connectivity index (χ1n) is 10.1. The van der Waals surface area contributed by atoms with Crippen molar-refractivity contribution >= 4 is 17.4 Å². The van der Waals surface area contributed by atoms with Crippen molar-refractivity contribution in [2.24, 2.45) is 0 Å². The standard InChI is InChI=1S/C22H28FN3O3/c1-5-29-22(28)19-14(2)20(24-15(19)3)21(27)16(4)25-10-12-26(13-11-25)18-8-6-17(23)7-9-18/h6-9,16,24H,5,10-13H2,1-4H3/p+1/t16-/m0/s1. The van der Waals surface area contributed by atoms with Crippen molar-refractivity contribution in [1.29, 1.82) is 0 Å². The first-order chi connectivity index (χ1) is 13.8. The highest BCUT2D eigenvalue weighted by Crippen LogP contribution is 2.20. The van der Waals surface area contributed by atoms with E-state index in [1.807, 2.05) is 6.92 Å². The number of benzene rings is 1. The Balaban J connectivity index is 1.68. The number of carbonyl (C=O) groups excluding carboxylic acids is 2. The predicted octanol–water partition coefficient (Wildman–Crippen LogP) is 1.92. The average molecular weight is 402 g/mol. The molecule has 3 rings (SSSR count). The molecule has 0 spiro atoms. The van der Waals surface area contributed by atoms with Crippen molar-refractivity contribution in [2.45, 2.75) is 33.7 Å². The van der Waals surface area contributed by atoms with Gasteiger partial charge in [-0.1, -0.05) is 0 Å². The van der Waals surface area contributed by atoms with Crippen LogP contribution in [0.3, 0.4) is 0 Å².